The molecule has 2 aliphatic rings. The summed E-state index contributed by atoms with van der Waals surface area (Å²) in [5.74, 6) is -0.235. The van der Waals surface area contributed by atoms with Crippen LogP contribution in [0.5, 0.6) is 0 Å². The Morgan fingerprint density at radius 3 is 2.42 bits per heavy atom. The highest BCUT2D eigenvalue weighted by Gasteiger charge is 2.39. The van der Waals surface area contributed by atoms with Crippen LogP contribution in [0.3, 0.4) is 0 Å². The molecule has 2 saturated heterocycles. The molecule has 0 bridgehead atoms. The lowest BCUT2D eigenvalue weighted by Crippen LogP contribution is -2.52. The number of aromatic nitrogens is 1. The van der Waals surface area contributed by atoms with Gasteiger partial charge in [0.1, 0.15) is 10.6 Å². The zero-order valence-electron chi connectivity index (χ0n) is 17.7. The Labute approximate surface area is 181 Å². The molecule has 3 heterocycles. The fraction of sp³-hybridized carbons (Fsp3) is 0.476. The van der Waals surface area contributed by atoms with Crippen LogP contribution in [0, 0.1) is 19.8 Å². The fourth-order valence-corrected chi connectivity index (χ4v) is 5.99. The van der Waals surface area contributed by atoms with Crippen molar-refractivity contribution in [1.29, 1.82) is 0 Å². The minimum atomic E-state index is -3.72. The second kappa shape index (κ2) is 8.43. The van der Waals surface area contributed by atoms with Gasteiger partial charge in [0.05, 0.1) is 5.92 Å². The van der Waals surface area contributed by atoms with Gasteiger partial charge in [-0.15, -0.1) is 0 Å². The molecule has 9 nitrogen and oxygen atoms in total. The first kappa shape index (κ1) is 21.5. The first-order chi connectivity index (χ1) is 14.8. The minimum absolute atomic E-state index is 0.0261. The number of hydrogen-bond donors (Lipinski definition) is 0. The van der Waals surface area contributed by atoms with Crippen LogP contribution in [0.4, 0.5) is 0 Å². The summed E-state index contributed by atoms with van der Waals surface area (Å²) in [7, 11) is -3.72. The first-order valence-electron chi connectivity index (χ1n) is 10.3. The summed E-state index contributed by atoms with van der Waals surface area (Å²) in [4.78, 5) is 28.9. The maximum absolute atomic E-state index is 13.0. The van der Waals surface area contributed by atoms with Gasteiger partial charge in [0.25, 0.3) is 0 Å². The topological polar surface area (TPSA) is 104 Å². The van der Waals surface area contributed by atoms with Gasteiger partial charge in [-0.3, -0.25) is 9.59 Å². The lowest BCUT2D eigenvalue weighted by Gasteiger charge is -2.35. The third-order valence-corrected chi connectivity index (χ3v) is 8.04. The molecule has 0 aliphatic carbocycles. The van der Waals surface area contributed by atoms with Crippen LogP contribution in [-0.4, -0.2) is 72.2 Å². The van der Waals surface area contributed by atoms with Crippen LogP contribution >= 0.6 is 0 Å². The zero-order valence-corrected chi connectivity index (χ0v) is 18.5. The summed E-state index contributed by atoms with van der Waals surface area (Å²) < 4.78 is 32.3. The van der Waals surface area contributed by atoms with Gasteiger partial charge in [-0.05, 0) is 19.4 Å². The van der Waals surface area contributed by atoms with E-state index in [2.05, 4.69) is 5.16 Å². The van der Waals surface area contributed by atoms with Gasteiger partial charge in [-0.2, -0.15) is 4.31 Å². The summed E-state index contributed by atoms with van der Waals surface area (Å²) in [6.45, 7) is 5.05. The average Bonchev–Trinajstić information content (AvgIpc) is 3.30. The van der Waals surface area contributed by atoms with E-state index in [9.17, 15) is 18.0 Å². The molecule has 4 rings (SSSR count). The molecule has 0 N–H and O–H groups in total. The van der Waals surface area contributed by atoms with E-state index in [0.717, 1.165) is 5.56 Å². The molecular weight excluding hydrogens is 420 g/mol. The Morgan fingerprint density at radius 1 is 1.13 bits per heavy atom. The molecule has 1 aromatic carbocycles. The number of piperazine rings is 1. The van der Waals surface area contributed by atoms with Crippen LogP contribution in [0.2, 0.25) is 0 Å². The Bertz CT molecular complexity index is 1050. The average molecular weight is 447 g/mol. The second-order valence-corrected chi connectivity index (χ2v) is 9.92. The lowest BCUT2D eigenvalue weighted by molar-refractivity contribution is -0.137. The van der Waals surface area contributed by atoms with E-state index in [-0.39, 0.29) is 47.9 Å². The zero-order chi connectivity index (χ0) is 22.2. The molecule has 10 heteroatoms. The van der Waals surface area contributed by atoms with E-state index in [1.165, 1.54) is 4.31 Å². The van der Waals surface area contributed by atoms with Crippen LogP contribution in [0.1, 0.15) is 23.4 Å². The normalized spacial score (nSPS) is 20.5. The molecule has 0 radical (unpaired) electrons. The predicted molar refractivity (Wildman–Crippen MR) is 111 cm³/mol. The Hall–Kier alpha value is -2.72. The van der Waals surface area contributed by atoms with Gasteiger partial charge in [0.2, 0.25) is 21.8 Å². The number of sulfonamides is 1. The van der Waals surface area contributed by atoms with Crippen molar-refractivity contribution in [3.8, 4) is 0 Å². The van der Waals surface area contributed by atoms with E-state index < -0.39 is 10.0 Å². The molecule has 2 fully saturated rings. The third kappa shape index (κ3) is 4.22. The molecule has 0 saturated carbocycles. The Morgan fingerprint density at radius 2 is 1.81 bits per heavy atom. The number of likely N-dealkylation sites (tertiary alicyclic amines) is 1. The van der Waals surface area contributed by atoms with Crippen molar-refractivity contribution in [2.45, 2.75) is 31.7 Å². The molecule has 0 spiro atoms. The monoisotopic (exact) mass is 446 g/mol. The highest BCUT2D eigenvalue weighted by atomic mass is 32.2. The number of carbonyl (C=O) groups is 2. The van der Waals surface area contributed by atoms with Crippen molar-refractivity contribution >= 4 is 21.8 Å². The maximum Gasteiger partial charge on any atom is 0.248 e. The van der Waals surface area contributed by atoms with E-state index in [1.807, 2.05) is 30.3 Å². The highest BCUT2D eigenvalue weighted by Crippen LogP contribution is 2.26. The maximum atomic E-state index is 13.0. The Kier molecular flexibility index (Phi) is 5.85. The summed E-state index contributed by atoms with van der Waals surface area (Å²) in [6, 6.07) is 9.69. The van der Waals surface area contributed by atoms with E-state index in [0.29, 0.717) is 31.9 Å². The second-order valence-electron chi connectivity index (χ2n) is 8.04. The van der Waals surface area contributed by atoms with Crippen molar-refractivity contribution in [3.63, 3.8) is 0 Å². The summed E-state index contributed by atoms with van der Waals surface area (Å²) in [6.07, 6.45) is 0.198. The third-order valence-electron chi connectivity index (χ3n) is 5.90. The van der Waals surface area contributed by atoms with Crippen molar-refractivity contribution in [1.82, 2.24) is 19.3 Å². The Balaban J connectivity index is 1.36. The van der Waals surface area contributed by atoms with Crippen molar-refractivity contribution in [3.05, 3.63) is 47.3 Å². The summed E-state index contributed by atoms with van der Waals surface area (Å²) in [5, 5.41) is 3.73. The standard InChI is InChI=1S/C21H26N4O5S/c1-15-20(16(2)30-22-15)31(28,29)25-10-8-23(9-11-25)21(27)18-12-19(26)24(14-18)13-17-6-4-3-5-7-17/h3-7,18H,8-14H2,1-2H3. The van der Waals surface area contributed by atoms with Crippen LogP contribution in [0.15, 0.2) is 39.8 Å². The number of hydrogen-bond acceptors (Lipinski definition) is 6. The quantitative estimate of drug-likeness (QED) is 0.683. The number of benzene rings is 1. The van der Waals surface area contributed by atoms with Crippen LogP contribution in [0.25, 0.3) is 0 Å². The smallest absolute Gasteiger partial charge is 0.248 e. The van der Waals surface area contributed by atoms with Gasteiger partial charge in [0.15, 0.2) is 5.76 Å². The van der Waals surface area contributed by atoms with E-state index in [4.69, 9.17) is 4.52 Å². The van der Waals surface area contributed by atoms with Gasteiger partial charge < -0.3 is 14.3 Å². The molecule has 166 valence electrons. The molecule has 2 aliphatic heterocycles. The number of aryl methyl sites for hydroxylation is 2. The number of carbonyl (C=O) groups excluding carboxylic acids is 2. The van der Waals surface area contributed by atoms with E-state index >= 15 is 0 Å². The molecule has 2 amide bonds. The van der Waals surface area contributed by atoms with Crippen LogP contribution < -0.4 is 0 Å². The number of amides is 2. The minimum Gasteiger partial charge on any atom is -0.360 e. The molecule has 31 heavy (non-hydrogen) atoms. The fourth-order valence-electron chi connectivity index (χ4n) is 4.27. The van der Waals surface area contributed by atoms with Crippen molar-refractivity contribution < 1.29 is 22.5 Å². The molecule has 2 aromatic rings. The SMILES string of the molecule is Cc1noc(C)c1S(=O)(=O)N1CCN(C(=O)C2CC(=O)N(Cc3ccccc3)C2)CC1. The number of rotatable bonds is 5. The molecular formula is C21H26N4O5S. The molecule has 1 atom stereocenters. The van der Waals surface area contributed by atoms with E-state index in [1.54, 1.807) is 23.6 Å². The summed E-state index contributed by atoms with van der Waals surface area (Å²) in [5.41, 5.74) is 1.36. The lowest BCUT2D eigenvalue weighted by atomic mass is 10.1. The van der Waals surface area contributed by atoms with Gasteiger partial charge in [0, 0.05) is 45.7 Å². The highest BCUT2D eigenvalue weighted by molar-refractivity contribution is 7.89. The molecule has 1 unspecified atom stereocenters. The number of nitrogens with zero attached hydrogens (tertiary/aromatic N) is 4. The first-order valence-corrected chi connectivity index (χ1v) is 11.7. The van der Waals surface area contributed by atoms with Gasteiger partial charge in [-0.25, -0.2) is 8.42 Å². The van der Waals surface area contributed by atoms with Gasteiger partial charge in [-0.1, -0.05) is 35.5 Å². The van der Waals surface area contributed by atoms with Gasteiger partial charge >= 0.3 is 0 Å². The molecule has 1 aromatic heterocycles. The summed E-state index contributed by atoms with van der Waals surface area (Å²) >= 11 is 0. The van der Waals surface area contributed by atoms with Crippen molar-refractivity contribution in [2.24, 2.45) is 5.92 Å². The predicted octanol–water partition coefficient (Wildman–Crippen LogP) is 1.17. The van der Waals surface area contributed by atoms with Crippen molar-refractivity contribution in [2.75, 3.05) is 32.7 Å². The van der Waals surface area contributed by atoms with Crippen LogP contribution in [-0.2, 0) is 26.2 Å². The largest absolute Gasteiger partial charge is 0.360 e.